The Morgan fingerprint density at radius 3 is 1.75 bits per heavy atom. The van der Waals surface area contributed by atoms with E-state index >= 15 is 0 Å². The number of rotatable bonds is 0. The van der Waals surface area contributed by atoms with Crippen LogP contribution in [0.25, 0.3) is 5.53 Å². The van der Waals surface area contributed by atoms with Crippen LogP contribution in [0.15, 0.2) is 0 Å². The molecule has 3 nitrogen and oxygen atoms in total. The van der Waals surface area contributed by atoms with Crippen molar-refractivity contribution in [2.24, 2.45) is 0 Å². The van der Waals surface area contributed by atoms with Gasteiger partial charge in [-0.15, -0.1) is 0 Å². The van der Waals surface area contributed by atoms with Gasteiger partial charge in [-0.3, -0.25) is 5.53 Å². The van der Waals surface area contributed by atoms with Gasteiger partial charge in [-0.2, -0.15) is 0 Å². The summed E-state index contributed by atoms with van der Waals surface area (Å²) >= 11 is 0. The van der Waals surface area contributed by atoms with Crippen molar-refractivity contribution < 1.29 is 17.1 Å². The predicted octanol–water partition coefficient (Wildman–Crippen LogP) is -0.161. The normalized spacial score (nSPS) is 2.00. The largest absolute Gasteiger partial charge is 2.00 e. The maximum absolute atomic E-state index is 8.11. The van der Waals surface area contributed by atoms with Gasteiger partial charge in [-0.1, -0.05) is 0 Å². The van der Waals surface area contributed by atoms with E-state index in [1.54, 1.807) is 0 Å². The fraction of sp³-hybridized carbons (Fsp3) is 0. The average molecular weight is 108 g/mol. The van der Waals surface area contributed by atoms with Gasteiger partial charge < -0.3 is 0 Å². The molecule has 0 saturated heterocycles. The minimum Gasteiger partial charge on any atom is -0.294 e. The van der Waals surface area contributed by atoms with E-state index in [1.807, 2.05) is 0 Å². The van der Waals surface area contributed by atoms with Crippen molar-refractivity contribution in [2.45, 2.75) is 0 Å². The van der Waals surface area contributed by atoms with Crippen LogP contribution in [0.2, 0.25) is 0 Å². The fourth-order valence-corrected chi connectivity index (χ4v) is 0. The minimum absolute atomic E-state index is 0. The van der Waals surface area contributed by atoms with Gasteiger partial charge in [0.1, 0.15) is 4.97 Å². The molecule has 0 rings (SSSR count). The van der Waals surface area contributed by atoms with Crippen LogP contribution in [0.4, 0.5) is 0 Å². The average Bonchev–Trinajstić information content (AvgIpc) is 0.918. The van der Waals surface area contributed by atoms with Gasteiger partial charge in [0, 0.05) is 0 Å². The van der Waals surface area contributed by atoms with Crippen molar-refractivity contribution in [1.82, 2.24) is 4.97 Å². The molecule has 0 aromatic heterocycles. The summed E-state index contributed by atoms with van der Waals surface area (Å²) in [6.07, 6.45) is 0. The maximum Gasteiger partial charge on any atom is 2.00 e. The molecular weight excluding hydrogens is 108 g/mol. The van der Waals surface area contributed by atoms with Crippen molar-refractivity contribution >= 4 is 0 Å². The third-order valence-electron chi connectivity index (χ3n) is 0. The molecule has 4 heteroatoms. The smallest absolute Gasteiger partial charge is 0.294 e. The zero-order valence-electron chi connectivity index (χ0n) is 1.60. The van der Waals surface area contributed by atoms with Gasteiger partial charge >= 0.3 is 17.1 Å². The topological polar surface area (TPSA) is 53.5 Å². The Morgan fingerprint density at radius 1 is 1.75 bits per heavy atom. The molecule has 1 radical (unpaired) electrons. The fourth-order valence-electron chi connectivity index (χ4n) is 0. The Bertz CT molecular complexity index is 27.0. The zero-order valence-corrected chi connectivity index (χ0v) is 2.55. The molecule has 0 unspecified atom stereocenters. The van der Waals surface area contributed by atoms with E-state index in [2.05, 4.69) is 0 Å². The summed E-state index contributed by atoms with van der Waals surface area (Å²) in [5, 5.41) is 0. The van der Waals surface area contributed by atoms with Gasteiger partial charge in [-0.05, 0) is 0 Å². The third kappa shape index (κ3) is 43.3. The van der Waals surface area contributed by atoms with E-state index in [9.17, 15) is 0 Å². The van der Waals surface area contributed by atoms with Crippen LogP contribution in [0, 0.1) is 4.91 Å². The van der Waals surface area contributed by atoms with E-state index in [0.29, 0.717) is 0 Å². The van der Waals surface area contributed by atoms with Crippen LogP contribution < -0.4 is 4.97 Å². The molecule has 0 bridgehead atoms. The van der Waals surface area contributed by atoms with Crippen molar-refractivity contribution in [3.05, 3.63) is 10.4 Å². The molecule has 0 aliphatic rings. The van der Waals surface area contributed by atoms with Gasteiger partial charge in [0.2, 0.25) is 0 Å². The first-order valence-electron chi connectivity index (χ1n) is 0.383. The summed E-state index contributed by atoms with van der Waals surface area (Å²) in [6, 6.07) is 0. The van der Waals surface area contributed by atoms with Crippen molar-refractivity contribution in [3.63, 3.8) is 0 Å². The Labute approximate surface area is 33.4 Å². The second-order valence-electron chi connectivity index (χ2n) is 0.0816. The Kier molecular flexibility index (Phi) is 31.5. The van der Waals surface area contributed by atoms with Crippen molar-refractivity contribution in [2.75, 3.05) is 0 Å². The Hall–Kier alpha value is -0.171. The second-order valence-corrected chi connectivity index (χ2v) is 0.0816. The van der Waals surface area contributed by atoms with Crippen LogP contribution in [-0.2, 0) is 17.1 Å². The first kappa shape index (κ1) is 9.16. The van der Waals surface area contributed by atoms with Crippen LogP contribution >= 0.6 is 0 Å². The number of hydrogen-bond donors (Lipinski definition) is 0. The summed E-state index contributed by atoms with van der Waals surface area (Å²) in [5.74, 6) is 0. The predicted molar refractivity (Wildman–Crippen MR) is 8.86 cm³/mol. The number of nitrogens with zero attached hydrogens (tertiary/aromatic N) is 2. The molecule has 0 N–H and O–H groups in total. The molecule has 0 fully saturated rings. The molecule has 0 spiro atoms. The molecule has 25 valence electrons. The van der Waals surface area contributed by atoms with Crippen LogP contribution in [0.5, 0.6) is 0 Å². The molecule has 0 heterocycles. The maximum atomic E-state index is 8.11. The Balaban J connectivity index is 0. The van der Waals surface area contributed by atoms with Crippen molar-refractivity contribution in [1.29, 1.82) is 0 Å². The molecule has 0 aromatic carbocycles. The zero-order chi connectivity index (χ0) is 2.71. The molecule has 0 aromatic rings. The molecule has 4 heavy (non-hydrogen) atoms. The molecular formula is CuN2O+2. The van der Waals surface area contributed by atoms with Crippen LogP contribution in [0.3, 0.4) is 0 Å². The number of hydrogen-bond acceptors (Lipinski definition) is 1. The van der Waals surface area contributed by atoms with Gasteiger partial charge in [0.25, 0.3) is 0 Å². The first-order valence-corrected chi connectivity index (χ1v) is 0.383. The van der Waals surface area contributed by atoms with E-state index < -0.39 is 0 Å². The van der Waals surface area contributed by atoms with E-state index in [1.165, 1.54) is 4.97 Å². The molecule has 0 amide bonds. The SMILES string of the molecule is [Cu+2].[N-]=[N+]=O. The summed E-state index contributed by atoms with van der Waals surface area (Å²) < 4.78 is 0. The van der Waals surface area contributed by atoms with Crippen LogP contribution in [-0.4, -0.2) is 0 Å². The second kappa shape index (κ2) is 13.8. The summed E-state index contributed by atoms with van der Waals surface area (Å²) in [7, 11) is 0. The first-order chi connectivity index (χ1) is 1.41. The quantitative estimate of drug-likeness (QED) is 0.241. The minimum atomic E-state index is 0. The molecule has 0 atom stereocenters. The summed E-state index contributed by atoms with van der Waals surface area (Å²) in [6.45, 7) is 0. The molecule has 0 aliphatic heterocycles. The van der Waals surface area contributed by atoms with Gasteiger partial charge in [-0.25, -0.2) is 0 Å². The van der Waals surface area contributed by atoms with Crippen LogP contribution in [0.1, 0.15) is 0 Å². The summed E-state index contributed by atoms with van der Waals surface area (Å²) in [4.78, 5) is 9.36. The summed E-state index contributed by atoms with van der Waals surface area (Å²) in [5.41, 5.74) is 6.64. The van der Waals surface area contributed by atoms with E-state index in [-0.39, 0.29) is 17.1 Å². The Morgan fingerprint density at radius 2 is 1.75 bits per heavy atom. The number of nitroso groups, excluding NO2 is 1. The standard InChI is InChI=1S/Cu.N2O/c;1-2-3/q+2;. The van der Waals surface area contributed by atoms with E-state index in [4.69, 9.17) is 10.4 Å². The third-order valence-corrected chi connectivity index (χ3v) is 0. The molecule has 0 saturated carbocycles. The molecule has 0 aliphatic carbocycles. The monoisotopic (exact) mass is 107 g/mol. The van der Waals surface area contributed by atoms with Gasteiger partial charge in [0.15, 0.2) is 4.91 Å². The van der Waals surface area contributed by atoms with E-state index in [0.717, 1.165) is 0 Å². The van der Waals surface area contributed by atoms with Crippen molar-refractivity contribution in [3.8, 4) is 0 Å². The van der Waals surface area contributed by atoms with Gasteiger partial charge in [0.05, 0.1) is 0 Å².